The lowest BCUT2D eigenvalue weighted by Gasteiger charge is -2.32. The summed E-state index contributed by atoms with van der Waals surface area (Å²) in [5, 5.41) is 3.69. The SMILES string of the molecule is [N-]=[N+]=NCC1CCCN(Cc2ccccc2)C1. The predicted molar refractivity (Wildman–Crippen MR) is 68.5 cm³/mol. The van der Waals surface area contributed by atoms with Gasteiger partial charge in [-0.15, -0.1) is 0 Å². The van der Waals surface area contributed by atoms with Crippen LogP contribution in [-0.4, -0.2) is 24.5 Å². The molecule has 1 aromatic rings. The summed E-state index contributed by atoms with van der Waals surface area (Å²) in [7, 11) is 0. The molecule has 4 heteroatoms. The first-order chi connectivity index (χ1) is 8.38. The van der Waals surface area contributed by atoms with E-state index in [0.717, 1.165) is 19.6 Å². The Morgan fingerprint density at radius 2 is 2.18 bits per heavy atom. The molecule has 1 aliphatic heterocycles. The van der Waals surface area contributed by atoms with Crippen molar-refractivity contribution in [1.29, 1.82) is 0 Å². The zero-order valence-electron chi connectivity index (χ0n) is 10.00. The van der Waals surface area contributed by atoms with E-state index < -0.39 is 0 Å². The molecule has 0 radical (unpaired) electrons. The molecule has 4 nitrogen and oxygen atoms in total. The van der Waals surface area contributed by atoms with Gasteiger partial charge in [-0.3, -0.25) is 4.90 Å². The van der Waals surface area contributed by atoms with Crippen molar-refractivity contribution in [2.45, 2.75) is 19.4 Å². The number of hydrogen-bond donors (Lipinski definition) is 0. The highest BCUT2D eigenvalue weighted by Gasteiger charge is 2.18. The second-order valence-corrected chi connectivity index (χ2v) is 4.64. The topological polar surface area (TPSA) is 52.0 Å². The first-order valence-electron chi connectivity index (χ1n) is 6.15. The maximum absolute atomic E-state index is 8.34. The zero-order chi connectivity index (χ0) is 11.9. The molecule has 0 aliphatic carbocycles. The molecule has 0 amide bonds. The minimum Gasteiger partial charge on any atom is -0.299 e. The van der Waals surface area contributed by atoms with Crippen LogP contribution in [0.4, 0.5) is 0 Å². The first kappa shape index (κ1) is 12.0. The van der Waals surface area contributed by atoms with Gasteiger partial charge in [-0.25, -0.2) is 0 Å². The summed E-state index contributed by atoms with van der Waals surface area (Å²) in [5.74, 6) is 0.531. The van der Waals surface area contributed by atoms with Crippen LogP contribution in [0.25, 0.3) is 10.4 Å². The molecule has 0 bridgehead atoms. The molecule has 0 N–H and O–H groups in total. The van der Waals surface area contributed by atoms with Crippen molar-refractivity contribution in [1.82, 2.24) is 4.90 Å². The molecular weight excluding hydrogens is 212 g/mol. The van der Waals surface area contributed by atoms with Crippen LogP contribution in [0.5, 0.6) is 0 Å². The van der Waals surface area contributed by atoms with Crippen molar-refractivity contribution >= 4 is 0 Å². The van der Waals surface area contributed by atoms with Crippen LogP contribution in [-0.2, 0) is 6.54 Å². The van der Waals surface area contributed by atoms with Crippen molar-refractivity contribution in [3.63, 3.8) is 0 Å². The van der Waals surface area contributed by atoms with Crippen LogP contribution < -0.4 is 0 Å². The van der Waals surface area contributed by atoms with Gasteiger partial charge in [0, 0.05) is 24.5 Å². The van der Waals surface area contributed by atoms with Gasteiger partial charge in [0.05, 0.1) is 0 Å². The van der Waals surface area contributed by atoms with Gasteiger partial charge >= 0.3 is 0 Å². The lowest BCUT2D eigenvalue weighted by Crippen LogP contribution is -2.35. The van der Waals surface area contributed by atoms with Crippen LogP contribution in [0.2, 0.25) is 0 Å². The van der Waals surface area contributed by atoms with Crippen molar-refractivity contribution in [2.24, 2.45) is 11.0 Å². The second kappa shape index (κ2) is 6.28. The van der Waals surface area contributed by atoms with E-state index in [1.165, 1.54) is 18.4 Å². The summed E-state index contributed by atoms with van der Waals surface area (Å²) in [6, 6.07) is 10.5. The summed E-state index contributed by atoms with van der Waals surface area (Å²) in [6.45, 7) is 3.85. The summed E-state index contributed by atoms with van der Waals surface area (Å²) in [5.41, 5.74) is 9.70. The Morgan fingerprint density at radius 3 is 2.94 bits per heavy atom. The number of nitrogens with zero attached hydrogens (tertiary/aromatic N) is 4. The Hall–Kier alpha value is -1.51. The second-order valence-electron chi connectivity index (χ2n) is 4.64. The van der Waals surface area contributed by atoms with Gasteiger partial charge in [-0.2, -0.15) is 0 Å². The van der Waals surface area contributed by atoms with Gasteiger partial charge in [0.25, 0.3) is 0 Å². The molecule has 1 atom stereocenters. The zero-order valence-corrected chi connectivity index (χ0v) is 10.00. The lowest BCUT2D eigenvalue weighted by molar-refractivity contribution is 0.171. The monoisotopic (exact) mass is 230 g/mol. The Balaban J connectivity index is 1.87. The van der Waals surface area contributed by atoms with Crippen molar-refractivity contribution in [2.75, 3.05) is 19.6 Å². The third-order valence-electron chi connectivity index (χ3n) is 3.26. The van der Waals surface area contributed by atoms with E-state index in [2.05, 4.69) is 39.2 Å². The van der Waals surface area contributed by atoms with Gasteiger partial charge in [0.2, 0.25) is 0 Å². The van der Waals surface area contributed by atoms with E-state index >= 15 is 0 Å². The van der Waals surface area contributed by atoms with E-state index in [9.17, 15) is 0 Å². The Bertz CT molecular complexity index is 384. The Labute approximate surface area is 102 Å². The van der Waals surface area contributed by atoms with Crippen LogP contribution >= 0.6 is 0 Å². The molecule has 0 spiro atoms. The number of rotatable bonds is 4. The molecule has 1 aromatic carbocycles. The molecule has 1 heterocycles. The summed E-state index contributed by atoms with van der Waals surface area (Å²) in [4.78, 5) is 5.30. The van der Waals surface area contributed by atoms with E-state index in [-0.39, 0.29) is 0 Å². The number of piperidine rings is 1. The van der Waals surface area contributed by atoms with Crippen molar-refractivity contribution < 1.29 is 0 Å². The predicted octanol–water partition coefficient (Wildman–Crippen LogP) is 3.21. The summed E-state index contributed by atoms with van der Waals surface area (Å²) in [6.07, 6.45) is 2.39. The summed E-state index contributed by atoms with van der Waals surface area (Å²) >= 11 is 0. The van der Waals surface area contributed by atoms with Crippen LogP contribution in [0.3, 0.4) is 0 Å². The van der Waals surface area contributed by atoms with Crippen LogP contribution in [0.15, 0.2) is 35.4 Å². The van der Waals surface area contributed by atoms with Gasteiger partial charge in [0.1, 0.15) is 0 Å². The van der Waals surface area contributed by atoms with Gasteiger partial charge < -0.3 is 0 Å². The van der Waals surface area contributed by atoms with Crippen LogP contribution in [0, 0.1) is 5.92 Å². The molecule has 2 rings (SSSR count). The highest BCUT2D eigenvalue weighted by molar-refractivity contribution is 5.14. The standard InChI is InChI=1S/C13H18N4/c14-16-15-9-13-7-4-8-17(11-13)10-12-5-2-1-3-6-12/h1-3,5-6,13H,4,7-11H2. The van der Waals surface area contributed by atoms with E-state index in [1.54, 1.807) is 0 Å². The normalized spacial score (nSPS) is 20.8. The number of likely N-dealkylation sites (tertiary alicyclic amines) is 1. The molecule has 1 fully saturated rings. The molecule has 17 heavy (non-hydrogen) atoms. The molecule has 1 unspecified atom stereocenters. The lowest BCUT2D eigenvalue weighted by atomic mass is 9.98. The third-order valence-corrected chi connectivity index (χ3v) is 3.26. The highest BCUT2D eigenvalue weighted by atomic mass is 15.2. The number of azide groups is 1. The van der Waals surface area contributed by atoms with Crippen LogP contribution in [0.1, 0.15) is 18.4 Å². The molecular formula is C13H18N4. The van der Waals surface area contributed by atoms with Gasteiger partial charge in [-0.1, -0.05) is 35.4 Å². The van der Waals surface area contributed by atoms with Gasteiger partial charge in [-0.05, 0) is 36.4 Å². The molecule has 0 saturated carbocycles. The average molecular weight is 230 g/mol. The highest BCUT2D eigenvalue weighted by Crippen LogP contribution is 2.18. The maximum atomic E-state index is 8.34. The van der Waals surface area contributed by atoms with E-state index in [0.29, 0.717) is 12.5 Å². The molecule has 90 valence electrons. The van der Waals surface area contributed by atoms with Gasteiger partial charge in [0.15, 0.2) is 0 Å². The molecule has 1 saturated heterocycles. The van der Waals surface area contributed by atoms with Crippen molar-refractivity contribution in [3.8, 4) is 0 Å². The first-order valence-corrected chi connectivity index (χ1v) is 6.15. The fourth-order valence-corrected chi connectivity index (χ4v) is 2.44. The minimum absolute atomic E-state index is 0.531. The fraction of sp³-hybridized carbons (Fsp3) is 0.538. The average Bonchev–Trinajstić information content (AvgIpc) is 2.38. The smallest absolute Gasteiger partial charge is 0.0298 e. The third kappa shape index (κ3) is 3.77. The van der Waals surface area contributed by atoms with Crippen molar-refractivity contribution in [3.05, 3.63) is 46.3 Å². The minimum atomic E-state index is 0.531. The molecule has 1 aliphatic rings. The van der Waals surface area contributed by atoms with E-state index in [4.69, 9.17) is 5.53 Å². The summed E-state index contributed by atoms with van der Waals surface area (Å²) < 4.78 is 0. The fourth-order valence-electron chi connectivity index (χ4n) is 2.44. The maximum Gasteiger partial charge on any atom is 0.0298 e. The number of benzene rings is 1. The Morgan fingerprint density at radius 1 is 1.35 bits per heavy atom. The van der Waals surface area contributed by atoms with E-state index in [1.807, 2.05) is 6.07 Å². The molecule has 0 aromatic heterocycles. The Kier molecular flexibility index (Phi) is 4.42. The number of hydrogen-bond acceptors (Lipinski definition) is 2. The largest absolute Gasteiger partial charge is 0.299 e. The quantitative estimate of drug-likeness (QED) is 0.445.